The van der Waals surface area contributed by atoms with Gasteiger partial charge in [0.1, 0.15) is 24.3 Å². The van der Waals surface area contributed by atoms with Crippen molar-refractivity contribution in [2.75, 3.05) is 7.11 Å². The predicted molar refractivity (Wildman–Crippen MR) is 134 cm³/mol. The number of carbonyl (C=O) groups excluding carboxylic acids is 4. The molecule has 0 unspecified atom stereocenters. The minimum Gasteiger partial charge on any atom is -0.467 e. The van der Waals surface area contributed by atoms with Crippen molar-refractivity contribution >= 4 is 23.9 Å². The summed E-state index contributed by atoms with van der Waals surface area (Å²) in [6.45, 7) is 6.60. The number of benzene rings is 2. The molecule has 2 rings (SSSR count). The highest BCUT2D eigenvalue weighted by Gasteiger charge is 2.31. The number of hydrogen-bond acceptors (Lipinski definition) is 8. The van der Waals surface area contributed by atoms with Crippen LogP contribution in [0.1, 0.15) is 49.2 Å². The van der Waals surface area contributed by atoms with Crippen LogP contribution in [0.25, 0.3) is 0 Å². The van der Waals surface area contributed by atoms with E-state index in [9.17, 15) is 24.3 Å². The molecule has 0 bridgehead atoms. The number of nitrogens with one attached hydrogen (secondary N) is 2. The van der Waals surface area contributed by atoms with Crippen LogP contribution in [0.2, 0.25) is 0 Å². The molecule has 2 amide bonds. The van der Waals surface area contributed by atoms with Crippen LogP contribution < -0.4 is 10.6 Å². The Kier molecular flexibility index (Phi) is 10.6. The van der Waals surface area contributed by atoms with Gasteiger partial charge >= 0.3 is 18.0 Å². The van der Waals surface area contributed by atoms with Gasteiger partial charge in [0, 0.05) is 6.42 Å². The van der Waals surface area contributed by atoms with E-state index in [1.54, 1.807) is 69.3 Å². The number of hydrogen-bond donors (Lipinski definition) is 3. The second-order valence-electron chi connectivity index (χ2n) is 9.41. The van der Waals surface area contributed by atoms with Gasteiger partial charge in [0.05, 0.1) is 18.8 Å². The number of methoxy groups -OCH3 is 1. The molecular formula is C27H34N2O8. The summed E-state index contributed by atoms with van der Waals surface area (Å²) in [5.74, 6) is -2.00. The van der Waals surface area contributed by atoms with Crippen molar-refractivity contribution in [3.63, 3.8) is 0 Å². The largest absolute Gasteiger partial charge is 0.467 e. The monoisotopic (exact) mass is 514 g/mol. The van der Waals surface area contributed by atoms with Gasteiger partial charge in [-0.25, -0.2) is 14.4 Å². The van der Waals surface area contributed by atoms with Gasteiger partial charge in [-0.05, 0) is 51.0 Å². The summed E-state index contributed by atoms with van der Waals surface area (Å²) >= 11 is 0. The highest BCUT2D eigenvalue weighted by Crippen LogP contribution is 2.14. The number of carbonyl (C=O) groups is 4. The van der Waals surface area contributed by atoms with Crippen LogP contribution in [0.15, 0.2) is 54.6 Å². The SMILES string of the molecule is COC(=O)[C@@H](Cc1ccc(C(=O)OC(C)(C)C)cc1)NC(=O)[C@@H](NC(=O)OCc1ccccc1)[C@@H](C)O. The summed E-state index contributed by atoms with van der Waals surface area (Å²) in [5, 5.41) is 14.9. The molecule has 3 atom stereocenters. The van der Waals surface area contributed by atoms with Gasteiger partial charge < -0.3 is 30.0 Å². The molecular weight excluding hydrogens is 480 g/mol. The molecule has 0 heterocycles. The molecule has 10 nitrogen and oxygen atoms in total. The minimum atomic E-state index is -1.38. The number of rotatable bonds is 10. The lowest BCUT2D eigenvalue weighted by molar-refractivity contribution is -0.145. The van der Waals surface area contributed by atoms with Gasteiger partial charge in [-0.2, -0.15) is 0 Å². The highest BCUT2D eigenvalue weighted by molar-refractivity contribution is 5.91. The molecule has 0 aromatic heterocycles. The Morgan fingerprint density at radius 1 is 0.919 bits per heavy atom. The fraction of sp³-hybridized carbons (Fsp3) is 0.407. The Hall–Kier alpha value is -3.92. The quantitative estimate of drug-likeness (QED) is 0.325. The zero-order chi connectivity index (χ0) is 27.6. The first-order valence-electron chi connectivity index (χ1n) is 11.8. The second-order valence-corrected chi connectivity index (χ2v) is 9.41. The van der Waals surface area contributed by atoms with E-state index in [2.05, 4.69) is 10.6 Å². The lowest BCUT2D eigenvalue weighted by Crippen LogP contribution is -2.56. The Morgan fingerprint density at radius 3 is 2.08 bits per heavy atom. The van der Waals surface area contributed by atoms with Crippen molar-refractivity contribution in [2.24, 2.45) is 0 Å². The van der Waals surface area contributed by atoms with E-state index in [4.69, 9.17) is 14.2 Å². The molecule has 0 aliphatic carbocycles. The number of alkyl carbamates (subject to hydrolysis) is 1. The third-order valence-corrected chi connectivity index (χ3v) is 5.08. The summed E-state index contributed by atoms with van der Waals surface area (Å²) < 4.78 is 15.3. The Bertz CT molecular complexity index is 1060. The Morgan fingerprint density at radius 2 is 1.54 bits per heavy atom. The molecule has 200 valence electrons. The topological polar surface area (TPSA) is 140 Å². The molecule has 0 aliphatic heterocycles. The van der Waals surface area contributed by atoms with Gasteiger partial charge in [0.2, 0.25) is 5.91 Å². The lowest BCUT2D eigenvalue weighted by atomic mass is 10.0. The number of aliphatic hydroxyl groups excluding tert-OH is 1. The summed E-state index contributed by atoms with van der Waals surface area (Å²) in [6.07, 6.45) is -2.15. The van der Waals surface area contributed by atoms with Crippen molar-refractivity contribution < 1.29 is 38.5 Å². The maximum Gasteiger partial charge on any atom is 0.408 e. The van der Waals surface area contributed by atoms with E-state index >= 15 is 0 Å². The van der Waals surface area contributed by atoms with Crippen molar-refractivity contribution in [1.29, 1.82) is 0 Å². The minimum absolute atomic E-state index is 0.0229. The number of aliphatic hydroxyl groups is 1. The third-order valence-electron chi connectivity index (χ3n) is 5.08. The first-order valence-corrected chi connectivity index (χ1v) is 11.8. The predicted octanol–water partition coefficient (Wildman–Crippen LogP) is 2.52. The van der Waals surface area contributed by atoms with Crippen molar-refractivity contribution in [3.05, 3.63) is 71.3 Å². The van der Waals surface area contributed by atoms with Crippen LogP contribution in [0.3, 0.4) is 0 Å². The summed E-state index contributed by atoms with van der Waals surface area (Å²) in [5.41, 5.74) is 1.08. The highest BCUT2D eigenvalue weighted by atomic mass is 16.6. The molecule has 3 N–H and O–H groups in total. The molecule has 37 heavy (non-hydrogen) atoms. The van der Waals surface area contributed by atoms with E-state index in [1.807, 2.05) is 6.07 Å². The van der Waals surface area contributed by atoms with Crippen molar-refractivity contribution in [3.8, 4) is 0 Å². The van der Waals surface area contributed by atoms with E-state index < -0.39 is 47.7 Å². The smallest absolute Gasteiger partial charge is 0.408 e. The molecule has 0 saturated heterocycles. The van der Waals surface area contributed by atoms with Crippen molar-refractivity contribution in [2.45, 2.75) is 64.5 Å². The fourth-order valence-corrected chi connectivity index (χ4v) is 3.24. The molecule has 0 saturated carbocycles. The average molecular weight is 515 g/mol. The second kappa shape index (κ2) is 13.4. The van der Waals surface area contributed by atoms with Gasteiger partial charge in [-0.15, -0.1) is 0 Å². The van der Waals surface area contributed by atoms with Crippen LogP contribution >= 0.6 is 0 Å². The molecule has 10 heteroatoms. The van der Waals surface area contributed by atoms with Crippen LogP contribution in [0, 0.1) is 0 Å². The van der Waals surface area contributed by atoms with Gasteiger partial charge in [-0.3, -0.25) is 4.79 Å². The van der Waals surface area contributed by atoms with Gasteiger partial charge in [0.25, 0.3) is 0 Å². The lowest BCUT2D eigenvalue weighted by Gasteiger charge is -2.24. The van der Waals surface area contributed by atoms with Gasteiger partial charge in [-0.1, -0.05) is 42.5 Å². The fourth-order valence-electron chi connectivity index (χ4n) is 3.24. The van der Waals surface area contributed by atoms with E-state index in [-0.39, 0.29) is 13.0 Å². The molecule has 0 spiro atoms. The van der Waals surface area contributed by atoms with Crippen LogP contribution in [0.5, 0.6) is 0 Å². The van der Waals surface area contributed by atoms with Crippen LogP contribution in [-0.4, -0.2) is 59.9 Å². The Labute approximate surface area is 216 Å². The molecule has 2 aromatic rings. The first-order chi connectivity index (χ1) is 17.4. The number of ether oxygens (including phenoxy) is 3. The maximum atomic E-state index is 12.9. The summed E-state index contributed by atoms with van der Waals surface area (Å²) in [4.78, 5) is 49.7. The summed E-state index contributed by atoms with van der Waals surface area (Å²) in [7, 11) is 1.18. The molecule has 0 aliphatic rings. The summed E-state index contributed by atoms with van der Waals surface area (Å²) in [6, 6.07) is 12.8. The van der Waals surface area contributed by atoms with Crippen LogP contribution in [0.4, 0.5) is 4.79 Å². The van der Waals surface area contributed by atoms with E-state index in [0.29, 0.717) is 11.1 Å². The first kappa shape index (κ1) is 29.3. The number of amides is 2. The molecule has 0 fully saturated rings. The zero-order valence-electron chi connectivity index (χ0n) is 21.6. The van der Waals surface area contributed by atoms with E-state index in [0.717, 1.165) is 5.56 Å². The van der Waals surface area contributed by atoms with Gasteiger partial charge in [0.15, 0.2) is 0 Å². The zero-order valence-corrected chi connectivity index (χ0v) is 21.6. The third kappa shape index (κ3) is 9.92. The standard InChI is InChI=1S/C27H34N2O8/c1-17(30)22(29-26(34)36-16-19-9-7-6-8-10-19)23(31)28-21(25(33)35-5)15-18-11-13-20(14-12-18)24(32)37-27(2,3)4/h6-14,17,21-22,30H,15-16H2,1-5H3,(H,28,31)(H,29,34)/t17-,21-,22+/m1/s1. The normalized spacial score (nSPS) is 13.5. The molecule has 2 aromatic carbocycles. The Balaban J connectivity index is 2.04. The maximum absolute atomic E-state index is 12.9. The average Bonchev–Trinajstić information content (AvgIpc) is 2.84. The van der Waals surface area contributed by atoms with Crippen LogP contribution in [-0.2, 0) is 36.8 Å². The molecule has 0 radical (unpaired) electrons. The van der Waals surface area contributed by atoms with E-state index in [1.165, 1.54) is 14.0 Å². The van der Waals surface area contributed by atoms with Crippen molar-refractivity contribution in [1.82, 2.24) is 10.6 Å². The number of esters is 2.